The van der Waals surface area contributed by atoms with Crippen LogP contribution in [0.25, 0.3) is 0 Å². The Balaban J connectivity index is 2.89. The van der Waals surface area contributed by atoms with Crippen molar-refractivity contribution in [2.24, 2.45) is 0 Å². The quantitative estimate of drug-likeness (QED) is 0.596. The third-order valence-corrected chi connectivity index (χ3v) is 1.95. The lowest BCUT2D eigenvalue weighted by atomic mass is 10.2. The molecule has 1 rings (SSSR count). The van der Waals surface area contributed by atoms with Crippen LogP contribution in [0.3, 0.4) is 0 Å². The third-order valence-electron chi connectivity index (χ3n) is 1.56. The summed E-state index contributed by atoms with van der Waals surface area (Å²) >= 11 is 3.18. The number of hydrogen-bond acceptors (Lipinski definition) is 1. The molecule has 0 fully saturated rings. The van der Waals surface area contributed by atoms with E-state index < -0.39 is 6.36 Å². The zero-order valence-electron chi connectivity index (χ0n) is 8.14. The standard InChI is InChI=1S/C11H8BrF3O/c12-8-4-3-6-9-5-1-2-7-10(9)16-11(13,14)15/h1-2,5,7H,4,8H2. The first-order valence-electron chi connectivity index (χ1n) is 4.42. The first kappa shape index (κ1) is 12.9. The number of halogens is 4. The second-order valence-corrected chi connectivity index (χ2v) is 3.58. The number of benzene rings is 1. The molecule has 1 aromatic carbocycles. The average molecular weight is 293 g/mol. The molecule has 0 aromatic heterocycles. The molecule has 5 heteroatoms. The van der Waals surface area contributed by atoms with Gasteiger partial charge in [0.15, 0.2) is 0 Å². The van der Waals surface area contributed by atoms with Gasteiger partial charge in [-0.2, -0.15) is 0 Å². The van der Waals surface area contributed by atoms with Gasteiger partial charge in [0.2, 0.25) is 0 Å². The molecule has 0 N–H and O–H groups in total. The fraction of sp³-hybridized carbons (Fsp3) is 0.273. The summed E-state index contributed by atoms with van der Waals surface area (Å²) in [4.78, 5) is 0. The second kappa shape index (κ2) is 5.80. The number of hydrogen-bond donors (Lipinski definition) is 0. The fourth-order valence-corrected chi connectivity index (χ4v) is 1.19. The Hall–Kier alpha value is -1.15. The van der Waals surface area contributed by atoms with Crippen molar-refractivity contribution in [3.63, 3.8) is 0 Å². The van der Waals surface area contributed by atoms with Crippen LogP contribution in [0.2, 0.25) is 0 Å². The Bertz CT molecular complexity index is 404. The molecule has 0 saturated carbocycles. The lowest BCUT2D eigenvalue weighted by molar-refractivity contribution is -0.274. The molecule has 0 spiro atoms. The first-order valence-corrected chi connectivity index (χ1v) is 5.54. The molecule has 0 radical (unpaired) electrons. The number of rotatable bonds is 2. The summed E-state index contributed by atoms with van der Waals surface area (Å²) < 4.78 is 39.9. The Morgan fingerprint density at radius 1 is 1.25 bits per heavy atom. The van der Waals surface area contributed by atoms with Crippen molar-refractivity contribution < 1.29 is 17.9 Å². The zero-order chi connectivity index (χ0) is 12.0. The van der Waals surface area contributed by atoms with Crippen LogP contribution in [0.4, 0.5) is 13.2 Å². The van der Waals surface area contributed by atoms with Gasteiger partial charge in [0.1, 0.15) is 5.75 Å². The van der Waals surface area contributed by atoms with Gasteiger partial charge in [-0.1, -0.05) is 39.9 Å². The van der Waals surface area contributed by atoms with Gasteiger partial charge in [-0.05, 0) is 12.1 Å². The molecular weight excluding hydrogens is 285 g/mol. The van der Waals surface area contributed by atoms with Crippen molar-refractivity contribution in [2.75, 3.05) is 5.33 Å². The summed E-state index contributed by atoms with van der Waals surface area (Å²) in [6.45, 7) is 0. The molecule has 0 unspecified atom stereocenters. The maximum Gasteiger partial charge on any atom is 0.573 e. The van der Waals surface area contributed by atoms with Gasteiger partial charge in [-0.3, -0.25) is 0 Å². The van der Waals surface area contributed by atoms with E-state index >= 15 is 0 Å². The van der Waals surface area contributed by atoms with Crippen LogP contribution >= 0.6 is 15.9 Å². The highest BCUT2D eigenvalue weighted by molar-refractivity contribution is 9.09. The molecule has 16 heavy (non-hydrogen) atoms. The van der Waals surface area contributed by atoms with E-state index in [0.29, 0.717) is 11.8 Å². The van der Waals surface area contributed by atoms with Gasteiger partial charge < -0.3 is 4.74 Å². The van der Waals surface area contributed by atoms with Gasteiger partial charge in [0, 0.05) is 11.8 Å². The smallest absolute Gasteiger partial charge is 0.404 e. The highest BCUT2D eigenvalue weighted by Gasteiger charge is 2.31. The summed E-state index contributed by atoms with van der Waals surface area (Å²) in [6.07, 6.45) is -4.12. The minimum Gasteiger partial charge on any atom is -0.404 e. The van der Waals surface area contributed by atoms with E-state index in [0.717, 1.165) is 0 Å². The van der Waals surface area contributed by atoms with Crippen LogP contribution in [0.15, 0.2) is 24.3 Å². The molecule has 0 atom stereocenters. The Labute approximate surface area is 99.7 Å². The van der Waals surface area contributed by atoms with E-state index in [4.69, 9.17) is 0 Å². The molecule has 0 aliphatic carbocycles. The van der Waals surface area contributed by atoms with E-state index in [9.17, 15) is 13.2 Å². The third kappa shape index (κ3) is 4.58. The minimum atomic E-state index is -4.69. The van der Waals surface area contributed by atoms with Crippen LogP contribution in [0.1, 0.15) is 12.0 Å². The maximum atomic E-state index is 12.0. The van der Waals surface area contributed by atoms with Crippen LogP contribution in [0, 0.1) is 11.8 Å². The predicted octanol–water partition coefficient (Wildman–Crippen LogP) is 3.72. The van der Waals surface area contributed by atoms with E-state index in [-0.39, 0.29) is 11.3 Å². The lowest BCUT2D eigenvalue weighted by Gasteiger charge is -2.09. The fourth-order valence-electron chi connectivity index (χ4n) is 0.989. The summed E-state index contributed by atoms with van der Waals surface area (Å²) in [5, 5.41) is 0.683. The Morgan fingerprint density at radius 2 is 1.94 bits per heavy atom. The van der Waals surface area contributed by atoms with E-state index in [2.05, 4.69) is 32.5 Å². The van der Waals surface area contributed by atoms with Crippen LogP contribution in [-0.4, -0.2) is 11.7 Å². The van der Waals surface area contributed by atoms with E-state index in [1.54, 1.807) is 6.07 Å². The van der Waals surface area contributed by atoms with Gasteiger partial charge in [-0.15, -0.1) is 13.2 Å². The van der Waals surface area contributed by atoms with E-state index in [1.165, 1.54) is 18.2 Å². The van der Waals surface area contributed by atoms with Crippen molar-refractivity contribution >= 4 is 15.9 Å². The second-order valence-electron chi connectivity index (χ2n) is 2.78. The highest BCUT2D eigenvalue weighted by Crippen LogP contribution is 2.25. The van der Waals surface area contributed by atoms with Gasteiger partial charge in [-0.25, -0.2) is 0 Å². The predicted molar refractivity (Wildman–Crippen MR) is 58.4 cm³/mol. The molecule has 0 heterocycles. The monoisotopic (exact) mass is 292 g/mol. The van der Waals surface area contributed by atoms with Crippen molar-refractivity contribution in [3.05, 3.63) is 29.8 Å². The van der Waals surface area contributed by atoms with Crippen LogP contribution in [-0.2, 0) is 0 Å². The normalized spacial score (nSPS) is 10.5. The van der Waals surface area contributed by atoms with Gasteiger partial charge in [0.05, 0.1) is 5.56 Å². The molecule has 0 bridgehead atoms. The minimum absolute atomic E-state index is 0.237. The van der Waals surface area contributed by atoms with Crippen LogP contribution in [0.5, 0.6) is 5.75 Å². The molecule has 0 saturated heterocycles. The average Bonchev–Trinajstić information content (AvgIpc) is 2.19. The highest BCUT2D eigenvalue weighted by atomic mass is 79.9. The first-order chi connectivity index (χ1) is 7.53. The number of ether oxygens (including phenoxy) is 1. The number of alkyl halides is 4. The van der Waals surface area contributed by atoms with Gasteiger partial charge in [0.25, 0.3) is 0 Å². The zero-order valence-corrected chi connectivity index (χ0v) is 9.73. The molecular formula is C11H8BrF3O. The van der Waals surface area contributed by atoms with Crippen molar-refractivity contribution in [1.82, 2.24) is 0 Å². The number of para-hydroxylation sites is 1. The van der Waals surface area contributed by atoms with Crippen molar-refractivity contribution in [3.8, 4) is 17.6 Å². The Morgan fingerprint density at radius 3 is 2.56 bits per heavy atom. The molecule has 0 aliphatic rings. The SMILES string of the molecule is FC(F)(F)Oc1ccccc1C#CCCBr. The maximum absolute atomic E-state index is 12.0. The largest absolute Gasteiger partial charge is 0.573 e. The molecule has 0 amide bonds. The summed E-state index contributed by atoms with van der Waals surface area (Å²) in [5.74, 6) is 5.10. The topological polar surface area (TPSA) is 9.23 Å². The molecule has 86 valence electrons. The van der Waals surface area contributed by atoms with E-state index in [1.807, 2.05) is 0 Å². The van der Waals surface area contributed by atoms with Crippen molar-refractivity contribution in [1.29, 1.82) is 0 Å². The van der Waals surface area contributed by atoms with Crippen molar-refractivity contribution in [2.45, 2.75) is 12.8 Å². The molecule has 1 nitrogen and oxygen atoms in total. The Kier molecular flexibility index (Phi) is 4.69. The van der Waals surface area contributed by atoms with Gasteiger partial charge >= 0.3 is 6.36 Å². The molecule has 0 aliphatic heterocycles. The molecule has 1 aromatic rings. The summed E-state index contributed by atoms with van der Waals surface area (Å²) in [6, 6.07) is 5.81. The van der Waals surface area contributed by atoms with Crippen LogP contribution < -0.4 is 4.74 Å². The summed E-state index contributed by atoms with van der Waals surface area (Å²) in [7, 11) is 0. The lowest BCUT2D eigenvalue weighted by Crippen LogP contribution is -2.17. The summed E-state index contributed by atoms with van der Waals surface area (Å²) in [5.41, 5.74) is 0.237.